The zero-order valence-electron chi connectivity index (χ0n) is 9.72. The minimum Gasteiger partial charge on any atom is -0.330 e. The van der Waals surface area contributed by atoms with Gasteiger partial charge in [0.25, 0.3) is 0 Å². The Hall–Kier alpha value is 0.0600. The van der Waals surface area contributed by atoms with E-state index in [9.17, 15) is 12.6 Å². The average molecular weight is 267 g/mol. The smallest absolute Gasteiger partial charge is 0.150 e. The quantitative estimate of drug-likeness (QED) is 0.784. The highest BCUT2D eigenvalue weighted by Gasteiger charge is 2.31. The summed E-state index contributed by atoms with van der Waals surface area (Å²) in [5, 5.41) is -0.229. The molecule has 0 aromatic heterocycles. The molecule has 16 heavy (non-hydrogen) atoms. The van der Waals surface area contributed by atoms with Gasteiger partial charge in [-0.05, 0) is 32.2 Å². The first-order valence-corrected chi connectivity index (χ1v) is 9.05. The molecular weight excluding hydrogens is 246 g/mol. The van der Waals surface area contributed by atoms with E-state index in [4.69, 9.17) is 5.73 Å². The van der Waals surface area contributed by atoms with Gasteiger partial charge in [0.2, 0.25) is 0 Å². The highest BCUT2D eigenvalue weighted by molar-refractivity contribution is 7.91. The van der Waals surface area contributed by atoms with Gasteiger partial charge in [0.05, 0.1) is 5.25 Å². The van der Waals surface area contributed by atoms with Crippen LogP contribution in [0.1, 0.15) is 32.1 Å². The van der Waals surface area contributed by atoms with Crippen LogP contribution in [0.25, 0.3) is 0 Å². The van der Waals surface area contributed by atoms with Crippen LogP contribution in [-0.4, -0.2) is 41.7 Å². The molecule has 4 nitrogen and oxygen atoms in total. The molecule has 6 heteroatoms. The summed E-state index contributed by atoms with van der Waals surface area (Å²) in [4.78, 5) is 0. The number of hydrogen-bond acceptors (Lipinski definition) is 4. The summed E-state index contributed by atoms with van der Waals surface area (Å²) in [6.45, 7) is 0.550. The van der Waals surface area contributed by atoms with E-state index in [0.29, 0.717) is 18.7 Å². The number of sulfone groups is 1. The first-order valence-electron chi connectivity index (χ1n) is 5.71. The standard InChI is InChI=1S/C10H21NO3S2/c1-16(13,14)10-5-2-4-9(8-10)15(12)7-3-6-11/h9-10H,2-8,11H2,1H3. The third-order valence-electron chi connectivity index (χ3n) is 3.10. The zero-order valence-corrected chi connectivity index (χ0v) is 11.4. The summed E-state index contributed by atoms with van der Waals surface area (Å²) in [5.74, 6) is 0.609. The van der Waals surface area contributed by atoms with Gasteiger partial charge in [0.15, 0.2) is 0 Å². The Morgan fingerprint density at radius 3 is 2.62 bits per heavy atom. The van der Waals surface area contributed by atoms with Crippen LogP contribution in [0.4, 0.5) is 0 Å². The van der Waals surface area contributed by atoms with Crippen molar-refractivity contribution in [2.45, 2.75) is 42.6 Å². The minimum atomic E-state index is -2.97. The van der Waals surface area contributed by atoms with Crippen molar-refractivity contribution in [3.05, 3.63) is 0 Å². The van der Waals surface area contributed by atoms with Crippen LogP contribution >= 0.6 is 0 Å². The molecule has 0 aromatic rings. The third kappa shape index (κ3) is 4.14. The van der Waals surface area contributed by atoms with Crippen LogP contribution in [0, 0.1) is 0 Å². The lowest BCUT2D eigenvalue weighted by molar-refractivity contribution is 0.487. The third-order valence-corrected chi connectivity index (χ3v) is 6.61. The molecule has 0 aromatic carbocycles. The lowest BCUT2D eigenvalue weighted by atomic mass is 10.00. The second-order valence-electron chi connectivity index (χ2n) is 4.47. The fourth-order valence-corrected chi connectivity index (χ4v) is 5.08. The molecule has 0 radical (unpaired) electrons. The molecule has 2 N–H and O–H groups in total. The Labute approximate surface area is 100 Å². The Morgan fingerprint density at radius 2 is 2.06 bits per heavy atom. The monoisotopic (exact) mass is 267 g/mol. The maximum Gasteiger partial charge on any atom is 0.150 e. The second kappa shape index (κ2) is 6.12. The predicted octanol–water partition coefficient (Wildman–Crippen LogP) is 0.440. The van der Waals surface area contributed by atoms with Crippen molar-refractivity contribution in [1.82, 2.24) is 0 Å². The van der Waals surface area contributed by atoms with Crippen molar-refractivity contribution < 1.29 is 12.6 Å². The fraction of sp³-hybridized carbons (Fsp3) is 1.00. The molecule has 3 atom stereocenters. The van der Waals surface area contributed by atoms with E-state index in [1.165, 1.54) is 6.26 Å². The number of nitrogens with two attached hydrogens (primary N) is 1. The Morgan fingerprint density at radius 1 is 1.38 bits per heavy atom. The van der Waals surface area contributed by atoms with Gasteiger partial charge in [-0.1, -0.05) is 6.42 Å². The van der Waals surface area contributed by atoms with E-state index >= 15 is 0 Å². The number of rotatable bonds is 5. The molecule has 0 amide bonds. The SMILES string of the molecule is CS(=O)(=O)C1CCCC(S(=O)CCCN)C1. The summed E-state index contributed by atoms with van der Waals surface area (Å²) < 4.78 is 34.8. The van der Waals surface area contributed by atoms with E-state index in [1.807, 2.05) is 0 Å². The molecule has 1 aliphatic rings. The Bertz CT molecular complexity index is 340. The highest BCUT2D eigenvalue weighted by Crippen LogP contribution is 2.27. The van der Waals surface area contributed by atoms with Crippen molar-refractivity contribution in [3.8, 4) is 0 Å². The largest absolute Gasteiger partial charge is 0.330 e. The predicted molar refractivity (Wildman–Crippen MR) is 67.6 cm³/mol. The normalized spacial score (nSPS) is 28.9. The first-order chi connectivity index (χ1) is 7.45. The fourth-order valence-electron chi connectivity index (χ4n) is 2.12. The summed E-state index contributed by atoms with van der Waals surface area (Å²) in [7, 11) is -3.88. The van der Waals surface area contributed by atoms with Crippen LogP contribution in [0.15, 0.2) is 0 Å². The number of hydrogen-bond donors (Lipinski definition) is 1. The lowest BCUT2D eigenvalue weighted by Gasteiger charge is -2.27. The summed E-state index contributed by atoms with van der Waals surface area (Å²) in [5.41, 5.74) is 5.37. The lowest BCUT2D eigenvalue weighted by Crippen LogP contribution is -2.33. The zero-order chi connectivity index (χ0) is 12.2. The second-order valence-corrected chi connectivity index (χ2v) is 8.63. The molecule has 3 unspecified atom stereocenters. The molecule has 0 aliphatic heterocycles. The van der Waals surface area contributed by atoms with Gasteiger partial charge >= 0.3 is 0 Å². The summed E-state index contributed by atoms with van der Waals surface area (Å²) in [6.07, 6.45) is 5.09. The summed E-state index contributed by atoms with van der Waals surface area (Å²) >= 11 is 0. The van der Waals surface area contributed by atoms with Crippen LogP contribution in [0.2, 0.25) is 0 Å². The van der Waals surface area contributed by atoms with E-state index in [-0.39, 0.29) is 10.5 Å². The van der Waals surface area contributed by atoms with Crippen molar-refractivity contribution in [1.29, 1.82) is 0 Å². The average Bonchev–Trinajstić information content (AvgIpc) is 2.25. The van der Waals surface area contributed by atoms with Crippen LogP contribution in [0.3, 0.4) is 0 Å². The van der Waals surface area contributed by atoms with Crippen LogP contribution in [-0.2, 0) is 20.6 Å². The molecule has 1 saturated carbocycles. The van der Waals surface area contributed by atoms with Crippen LogP contribution < -0.4 is 5.73 Å². The molecule has 1 fully saturated rings. The van der Waals surface area contributed by atoms with Crippen molar-refractivity contribution in [2.24, 2.45) is 5.73 Å². The molecular formula is C10H21NO3S2. The van der Waals surface area contributed by atoms with Gasteiger partial charge in [-0.15, -0.1) is 0 Å². The first kappa shape index (κ1) is 14.1. The van der Waals surface area contributed by atoms with E-state index in [0.717, 1.165) is 25.7 Å². The van der Waals surface area contributed by atoms with E-state index in [1.54, 1.807) is 0 Å². The molecule has 0 saturated heterocycles. The van der Waals surface area contributed by atoms with Crippen molar-refractivity contribution >= 4 is 20.6 Å². The van der Waals surface area contributed by atoms with E-state index < -0.39 is 20.6 Å². The Kier molecular flexibility index (Phi) is 5.40. The van der Waals surface area contributed by atoms with Gasteiger partial charge in [-0.3, -0.25) is 4.21 Å². The van der Waals surface area contributed by atoms with Gasteiger partial charge in [0.1, 0.15) is 9.84 Å². The highest BCUT2D eigenvalue weighted by atomic mass is 32.2. The topological polar surface area (TPSA) is 77.2 Å². The molecule has 1 rings (SSSR count). The molecule has 0 heterocycles. The molecule has 96 valence electrons. The molecule has 0 bridgehead atoms. The maximum atomic E-state index is 11.9. The van der Waals surface area contributed by atoms with E-state index in [2.05, 4.69) is 0 Å². The van der Waals surface area contributed by atoms with Crippen molar-refractivity contribution in [2.75, 3.05) is 18.6 Å². The van der Waals surface area contributed by atoms with Gasteiger partial charge in [0, 0.05) is 28.1 Å². The Balaban J connectivity index is 2.54. The summed E-state index contributed by atoms with van der Waals surface area (Å²) in [6, 6.07) is 0. The van der Waals surface area contributed by atoms with Gasteiger partial charge in [-0.2, -0.15) is 0 Å². The minimum absolute atomic E-state index is 0.0556. The van der Waals surface area contributed by atoms with Gasteiger partial charge in [-0.25, -0.2) is 8.42 Å². The van der Waals surface area contributed by atoms with Crippen molar-refractivity contribution in [3.63, 3.8) is 0 Å². The van der Waals surface area contributed by atoms with Gasteiger partial charge < -0.3 is 5.73 Å². The van der Waals surface area contributed by atoms with Crippen LogP contribution in [0.5, 0.6) is 0 Å². The molecule has 1 aliphatic carbocycles. The molecule has 0 spiro atoms. The maximum absolute atomic E-state index is 11.9.